The average molecular weight is 468 g/mol. The van der Waals surface area contributed by atoms with Crippen LogP contribution < -0.4 is 19.7 Å². The molecule has 1 saturated heterocycles. The predicted molar refractivity (Wildman–Crippen MR) is 119 cm³/mol. The van der Waals surface area contributed by atoms with Crippen molar-refractivity contribution >= 4 is 34.9 Å². The van der Waals surface area contributed by atoms with E-state index in [2.05, 4.69) is 5.32 Å². The molecule has 3 aromatic rings. The van der Waals surface area contributed by atoms with E-state index in [4.69, 9.17) is 13.9 Å². The number of carbonyl (C=O) groups excluding carboxylic acids is 3. The Morgan fingerprint density at radius 1 is 1.15 bits per heavy atom. The molecule has 170 valence electrons. The van der Waals surface area contributed by atoms with Gasteiger partial charge in [0.2, 0.25) is 5.91 Å². The quantitative estimate of drug-likeness (QED) is 0.559. The number of anilines is 1. The minimum Gasteiger partial charge on any atom is -0.486 e. The Kier molecular flexibility index (Phi) is 5.29. The van der Waals surface area contributed by atoms with E-state index in [0.29, 0.717) is 36.2 Å². The molecule has 4 amide bonds. The van der Waals surface area contributed by atoms with Crippen LogP contribution in [-0.2, 0) is 21.7 Å². The van der Waals surface area contributed by atoms with Gasteiger partial charge < -0.3 is 24.1 Å². The van der Waals surface area contributed by atoms with Crippen molar-refractivity contribution in [3.05, 3.63) is 64.7 Å². The van der Waals surface area contributed by atoms with Crippen molar-refractivity contribution in [1.29, 1.82) is 0 Å². The maximum absolute atomic E-state index is 13.4. The maximum atomic E-state index is 13.4. The molecular weight excluding hydrogens is 446 g/mol. The van der Waals surface area contributed by atoms with Gasteiger partial charge in [0.05, 0.1) is 12.8 Å². The first-order valence-corrected chi connectivity index (χ1v) is 11.2. The molecule has 0 saturated carbocycles. The lowest BCUT2D eigenvalue weighted by Gasteiger charge is -2.26. The van der Waals surface area contributed by atoms with Crippen LogP contribution in [0.15, 0.2) is 58.5 Å². The first-order chi connectivity index (χ1) is 16.0. The number of rotatable bonds is 6. The SMILES string of the molecule is C[C@]1(c2ccco2)NC(=O)N(CC(=O)N(Cc2cccs2)c2ccc3c(c2)OCCO3)C1=O. The van der Waals surface area contributed by atoms with Gasteiger partial charge in [-0.1, -0.05) is 6.07 Å². The summed E-state index contributed by atoms with van der Waals surface area (Å²) in [7, 11) is 0. The highest BCUT2D eigenvalue weighted by atomic mass is 32.1. The lowest BCUT2D eigenvalue weighted by Crippen LogP contribution is -2.44. The zero-order chi connectivity index (χ0) is 23.0. The Morgan fingerprint density at radius 2 is 1.97 bits per heavy atom. The molecule has 33 heavy (non-hydrogen) atoms. The number of fused-ring (bicyclic) bond motifs is 1. The van der Waals surface area contributed by atoms with Crippen LogP contribution in [0.4, 0.5) is 10.5 Å². The third kappa shape index (κ3) is 3.82. The van der Waals surface area contributed by atoms with Gasteiger partial charge in [-0.2, -0.15) is 0 Å². The van der Waals surface area contributed by atoms with Crippen LogP contribution >= 0.6 is 11.3 Å². The summed E-state index contributed by atoms with van der Waals surface area (Å²) in [6.45, 7) is 2.31. The Morgan fingerprint density at radius 3 is 2.70 bits per heavy atom. The van der Waals surface area contributed by atoms with Crippen molar-refractivity contribution in [3.8, 4) is 11.5 Å². The van der Waals surface area contributed by atoms with E-state index in [-0.39, 0.29) is 6.54 Å². The molecule has 5 rings (SSSR count). The summed E-state index contributed by atoms with van der Waals surface area (Å²) < 4.78 is 16.6. The van der Waals surface area contributed by atoms with Crippen LogP contribution in [0.25, 0.3) is 0 Å². The van der Waals surface area contributed by atoms with Crippen LogP contribution in [-0.4, -0.2) is 42.5 Å². The fourth-order valence-corrected chi connectivity index (χ4v) is 4.57. The highest BCUT2D eigenvalue weighted by molar-refractivity contribution is 7.09. The highest BCUT2D eigenvalue weighted by Crippen LogP contribution is 2.35. The normalized spacial score (nSPS) is 19.5. The number of benzene rings is 1. The number of thiophene rings is 1. The van der Waals surface area contributed by atoms with Crippen LogP contribution in [0.2, 0.25) is 0 Å². The third-order valence-electron chi connectivity index (χ3n) is 5.61. The molecule has 10 heteroatoms. The largest absolute Gasteiger partial charge is 0.486 e. The zero-order valence-electron chi connectivity index (χ0n) is 17.8. The summed E-state index contributed by atoms with van der Waals surface area (Å²) >= 11 is 1.51. The van der Waals surface area contributed by atoms with E-state index >= 15 is 0 Å². The zero-order valence-corrected chi connectivity index (χ0v) is 18.6. The van der Waals surface area contributed by atoms with Crippen molar-refractivity contribution in [2.24, 2.45) is 0 Å². The van der Waals surface area contributed by atoms with Crippen LogP contribution in [0.1, 0.15) is 17.6 Å². The molecule has 2 aromatic heterocycles. The number of ether oxygens (including phenoxy) is 2. The molecule has 1 aromatic carbocycles. The third-order valence-corrected chi connectivity index (χ3v) is 6.48. The van der Waals surface area contributed by atoms with Gasteiger partial charge in [0.15, 0.2) is 17.0 Å². The Bertz CT molecular complexity index is 1190. The lowest BCUT2D eigenvalue weighted by molar-refractivity contribution is -0.134. The second-order valence-electron chi connectivity index (χ2n) is 7.81. The van der Waals surface area contributed by atoms with Gasteiger partial charge >= 0.3 is 6.03 Å². The van der Waals surface area contributed by atoms with Crippen molar-refractivity contribution in [2.75, 3.05) is 24.7 Å². The Balaban J connectivity index is 1.42. The molecule has 0 radical (unpaired) electrons. The maximum Gasteiger partial charge on any atom is 0.325 e. The van der Waals surface area contributed by atoms with E-state index in [1.54, 1.807) is 37.3 Å². The Hall–Kier alpha value is -3.79. The van der Waals surface area contributed by atoms with Crippen LogP contribution in [0.5, 0.6) is 11.5 Å². The van der Waals surface area contributed by atoms with E-state index in [1.165, 1.54) is 22.5 Å². The first-order valence-electron chi connectivity index (χ1n) is 10.4. The molecular formula is C23H21N3O6S. The summed E-state index contributed by atoms with van der Waals surface area (Å²) in [5.74, 6) is 0.499. The molecule has 1 fully saturated rings. The second kappa shape index (κ2) is 8.28. The smallest absolute Gasteiger partial charge is 0.325 e. The van der Waals surface area contributed by atoms with Gasteiger partial charge in [-0.25, -0.2) is 4.79 Å². The fraction of sp³-hybridized carbons (Fsp3) is 0.261. The number of nitrogens with zero attached hydrogens (tertiary/aromatic N) is 2. The molecule has 0 bridgehead atoms. The highest BCUT2D eigenvalue weighted by Gasteiger charge is 2.51. The molecule has 1 N–H and O–H groups in total. The molecule has 4 heterocycles. The average Bonchev–Trinajstić information content (AvgIpc) is 3.57. The topological polar surface area (TPSA) is 101 Å². The lowest BCUT2D eigenvalue weighted by atomic mass is 9.99. The van der Waals surface area contributed by atoms with Gasteiger partial charge in [-0.3, -0.25) is 14.5 Å². The predicted octanol–water partition coefficient (Wildman–Crippen LogP) is 3.11. The van der Waals surface area contributed by atoms with Crippen molar-refractivity contribution in [2.45, 2.75) is 19.0 Å². The van der Waals surface area contributed by atoms with Crippen molar-refractivity contribution < 1.29 is 28.3 Å². The van der Waals surface area contributed by atoms with Crippen LogP contribution in [0.3, 0.4) is 0 Å². The van der Waals surface area contributed by atoms with E-state index in [0.717, 1.165) is 9.78 Å². The van der Waals surface area contributed by atoms with Gasteiger partial charge in [0, 0.05) is 16.6 Å². The van der Waals surface area contributed by atoms with E-state index in [1.807, 2.05) is 17.5 Å². The van der Waals surface area contributed by atoms with Crippen molar-refractivity contribution in [3.63, 3.8) is 0 Å². The number of hydrogen-bond donors (Lipinski definition) is 1. The number of furan rings is 1. The Labute approximate surface area is 193 Å². The van der Waals surface area contributed by atoms with Gasteiger partial charge in [-0.15, -0.1) is 11.3 Å². The molecule has 2 aliphatic rings. The first kappa shape index (κ1) is 21.1. The minimum absolute atomic E-state index is 0.287. The standard InChI is InChI=1S/C23H21N3O6S/c1-23(19-5-2-8-32-19)21(28)26(22(29)24-23)14-20(27)25(13-16-4-3-11-33-16)15-6-7-17-18(12-15)31-10-9-30-17/h2-8,11-12H,9-10,13-14H2,1H3,(H,24,29)/t23-/m1/s1. The number of nitrogens with one attached hydrogen (secondary N) is 1. The number of amides is 4. The summed E-state index contributed by atoms with van der Waals surface area (Å²) in [5.41, 5.74) is -0.783. The summed E-state index contributed by atoms with van der Waals surface area (Å²) in [6, 6.07) is 11.7. The fourth-order valence-electron chi connectivity index (χ4n) is 3.87. The number of imide groups is 1. The van der Waals surface area contributed by atoms with Gasteiger partial charge in [0.1, 0.15) is 25.5 Å². The molecule has 0 aliphatic carbocycles. The number of carbonyl (C=O) groups is 3. The summed E-state index contributed by atoms with van der Waals surface area (Å²) in [6.07, 6.45) is 1.43. The van der Waals surface area contributed by atoms with Crippen molar-refractivity contribution in [1.82, 2.24) is 10.2 Å². The molecule has 0 unspecified atom stereocenters. The van der Waals surface area contributed by atoms with Gasteiger partial charge in [0.25, 0.3) is 5.91 Å². The monoisotopic (exact) mass is 467 g/mol. The number of hydrogen-bond acceptors (Lipinski definition) is 7. The van der Waals surface area contributed by atoms with E-state index < -0.39 is 29.9 Å². The minimum atomic E-state index is -1.36. The number of urea groups is 1. The second-order valence-corrected chi connectivity index (χ2v) is 8.84. The van der Waals surface area contributed by atoms with E-state index in [9.17, 15) is 14.4 Å². The van der Waals surface area contributed by atoms with Gasteiger partial charge in [-0.05, 0) is 42.6 Å². The molecule has 2 aliphatic heterocycles. The summed E-state index contributed by atoms with van der Waals surface area (Å²) in [5, 5.41) is 4.57. The molecule has 0 spiro atoms. The summed E-state index contributed by atoms with van der Waals surface area (Å²) in [4.78, 5) is 42.6. The molecule has 9 nitrogen and oxygen atoms in total. The van der Waals surface area contributed by atoms with Crippen LogP contribution in [0, 0.1) is 0 Å². The molecule has 1 atom stereocenters.